The molecule has 1 aromatic heterocycles. The number of nitrogens with one attached hydrogen (secondary N) is 1. The van der Waals surface area contributed by atoms with Crippen molar-refractivity contribution in [3.63, 3.8) is 0 Å². The number of thiophene rings is 1. The molecule has 0 aliphatic heterocycles. The molecule has 1 aliphatic rings. The van der Waals surface area contributed by atoms with E-state index in [0.717, 1.165) is 10.1 Å². The molecule has 0 saturated heterocycles. The number of benzene rings is 2. The molecule has 1 saturated carbocycles. The fourth-order valence-corrected chi connectivity index (χ4v) is 5.70. The summed E-state index contributed by atoms with van der Waals surface area (Å²) in [5, 5.41) is 12.9. The van der Waals surface area contributed by atoms with E-state index in [2.05, 4.69) is 5.32 Å². The van der Waals surface area contributed by atoms with Crippen LogP contribution in [-0.4, -0.2) is 35.4 Å². The van der Waals surface area contributed by atoms with Crippen LogP contribution in [0.3, 0.4) is 0 Å². The molecule has 1 fully saturated rings. The van der Waals surface area contributed by atoms with Gasteiger partial charge < -0.3 is 15.2 Å². The summed E-state index contributed by atoms with van der Waals surface area (Å²) in [4.78, 5) is 36.4. The van der Waals surface area contributed by atoms with Gasteiger partial charge in [0.05, 0.1) is 22.6 Å². The lowest BCUT2D eigenvalue weighted by Gasteiger charge is -2.27. The molecular formula is C26H24ClF2NO5S. The molecular weight excluding hydrogens is 512 g/mol. The number of hydrogen-bond acceptors (Lipinski definition) is 5. The highest BCUT2D eigenvalue weighted by molar-refractivity contribution is 7.21. The molecule has 0 spiro atoms. The third-order valence-corrected chi connectivity index (χ3v) is 7.95. The number of carbonyl (C=O) groups is 3. The first-order valence-corrected chi connectivity index (χ1v) is 12.8. The van der Waals surface area contributed by atoms with E-state index in [0.29, 0.717) is 35.6 Å². The first kappa shape index (κ1) is 26.0. The predicted octanol–water partition coefficient (Wildman–Crippen LogP) is 6.25. The molecule has 10 heteroatoms. The number of Topliss-reactive ketones (excluding diaryl/α,β-unsaturated/α-hetero) is 1. The zero-order chi connectivity index (χ0) is 25.8. The van der Waals surface area contributed by atoms with Crippen LogP contribution in [-0.2, 0) is 4.79 Å². The summed E-state index contributed by atoms with van der Waals surface area (Å²) in [6.45, 7) is 0.166. The number of rotatable bonds is 9. The van der Waals surface area contributed by atoms with E-state index in [9.17, 15) is 23.2 Å². The number of ketones is 1. The van der Waals surface area contributed by atoms with E-state index in [1.54, 1.807) is 0 Å². The standard InChI is InChI=1S/C26H24ClF2NO5S/c27-21-17-4-1-2-6-20(17)36-24(21)25(32)30-13-3-5-18(31)16-11-12-19(23(29)22(16)28)35-15-9-7-14(8-10-15)26(33)34/h1-2,4,6,11-12,14-15H,3,5,7-10,13H2,(H,30,32)(H,33,34). The molecule has 6 nitrogen and oxygen atoms in total. The minimum absolute atomic E-state index is 0.0871. The molecule has 0 radical (unpaired) electrons. The Kier molecular flexibility index (Phi) is 8.21. The van der Waals surface area contributed by atoms with Crippen LogP contribution in [0.4, 0.5) is 8.78 Å². The van der Waals surface area contributed by atoms with Crippen molar-refractivity contribution >= 4 is 50.7 Å². The Morgan fingerprint density at radius 3 is 2.47 bits per heavy atom. The molecule has 1 heterocycles. The van der Waals surface area contributed by atoms with Gasteiger partial charge in [-0.3, -0.25) is 14.4 Å². The number of halogens is 3. The van der Waals surface area contributed by atoms with Crippen LogP contribution in [0.2, 0.25) is 5.02 Å². The first-order valence-electron chi connectivity index (χ1n) is 11.6. The van der Waals surface area contributed by atoms with Gasteiger partial charge in [-0.15, -0.1) is 11.3 Å². The lowest BCUT2D eigenvalue weighted by atomic mass is 9.87. The minimum Gasteiger partial charge on any atom is -0.487 e. The fraction of sp³-hybridized carbons (Fsp3) is 0.346. The summed E-state index contributed by atoms with van der Waals surface area (Å²) in [6.07, 6.45) is 1.41. The van der Waals surface area contributed by atoms with Crippen LogP contribution >= 0.6 is 22.9 Å². The van der Waals surface area contributed by atoms with Crippen LogP contribution in [0.15, 0.2) is 36.4 Å². The van der Waals surface area contributed by atoms with Crippen LogP contribution in [0, 0.1) is 17.6 Å². The molecule has 4 rings (SSSR count). The van der Waals surface area contributed by atoms with Crippen molar-refractivity contribution in [1.82, 2.24) is 5.32 Å². The number of hydrogen-bond donors (Lipinski definition) is 2. The van der Waals surface area contributed by atoms with E-state index in [-0.39, 0.29) is 36.6 Å². The monoisotopic (exact) mass is 535 g/mol. The molecule has 1 aliphatic carbocycles. The topological polar surface area (TPSA) is 92.7 Å². The highest BCUT2D eigenvalue weighted by Crippen LogP contribution is 2.35. The maximum absolute atomic E-state index is 14.6. The van der Waals surface area contributed by atoms with Crippen LogP contribution < -0.4 is 10.1 Å². The number of fused-ring (bicyclic) bond motifs is 1. The fourth-order valence-electron chi connectivity index (χ4n) is 4.27. The number of carboxylic acid groups (broad SMARTS) is 1. The SMILES string of the molecule is O=C(CCCNC(=O)c1sc2ccccc2c1Cl)c1ccc(OC2CCC(C(=O)O)CC2)c(F)c1F. The summed E-state index contributed by atoms with van der Waals surface area (Å²) in [6, 6.07) is 9.80. The van der Waals surface area contributed by atoms with Crippen molar-refractivity contribution in [3.8, 4) is 5.75 Å². The lowest BCUT2D eigenvalue weighted by molar-refractivity contribution is -0.143. The third-order valence-electron chi connectivity index (χ3n) is 6.27. The van der Waals surface area contributed by atoms with Crippen molar-refractivity contribution in [3.05, 3.63) is 63.5 Å². The van der Waals surface area contributed by atoms with Gasteiger partial charge in [0.1, 0.15) is 4.88 Å². The molecule has 0 atom stereocenters. The van der Waals surface area contributed by atoms with Crippen molar-refractivity contribution < 1.29 is 33.0 Å². The van der Waals surface area contributed by atoms with Gasteiger partial charge in [0.2, 0.25) is 5.82 Å². The zero-order valence-electron chi connectivity index (χ0n) is 19.2. The Balaban J connectivity index is 1.28. The molecule has 2 aromatic carbocycles. The first-order chi connectivity index (χ1) is 17.3. The third kappa shape index (κ3) is 5.68. The van der Waals surface area contributed by atoms with Gasteiger partial charge in [-0.2, -0.15) is 4.39 Å². The number of ether oxygens (including phenoxy) is 1. The zero-order valence-corrected chi connectivity index (χ0v) is 20.8. The second-order valence-electron chi connectivity index (χ2n) is 8.69. The average Bonchev–Trinajstić information content (AvgIpc) is 3.21. The number of carboxylic acids is 1. The van der Waals surface area contributed by atoms with Gasteiger partial charge in [0, 0.05) is 23.1 Å². The Morgan fingerprint density at radius 1 is 1.06 bits per heavy atom. The van der Waals surface area contributed by atoms with Gasteiger partial charge >= 0.3 is 5.97 Å². The van der Waals surface area contributed by atoms with E-state index in [4.69, 9.17) is 21.4 Å². The van der Waals surface area contributed by atoms with Gasteiger partial charge in [0.25, 0.3) is 5.91 Å². The van der Waals surface area contributed by atoms with Gasteiger partial charge in [-0.05, 0) is 50.3 Å². The van der Waals surface area contributed by atoms with Crippen molar-refractivity contribution in [1.29, 1.82) is 0 Å². The molecule has 0 bridgehead atoms. The number of amides is 1. The Hall–Kier alpha value is -3.04. The predicted molar refractivity (Wildman–Crippen MR) is 133 cm³/mol. The van der Waals surface area contributed by atoms with Gasteiger partial charge in [0.15, 0.2) is 17.3 Å². The van der Waals surface area contributed by atoms with Crippen molar-refractivity contribution in [2.24, 2.45) is 5.92 Å². The average molecular weight is 536 g/mol. The maximum atomic E-state index is 14.6. The van der Waals surface area contributed by atoms with E-state index in [1.165, 1.54) is 23.5 Å². The van der Waals surface area contributed by atoms with E-state index >= 15 is 0 Å². The number of aliphatic carboxylic acids is 1. The maximum Gasteiger partial charge on any atom is 0.306 e. The van der Waals surface area contributed by atoms with Gasteiger partial charge in [-0.25, -0.2) is 4.39 Å². The molecule has 2 N–H and O–H groups in total. The van der Waals surface area contributed by atoms with Crippen molar-refractivity contribution in [2.75, 3.05) is 6.54 Å². The number of carbonyl (C=O) groups excluding carboxylic acids is 2. The smallest absolute Gasteiger partial charge is 0.306 e. The van der Waals surface area contributed by atoms with Crippen molar-refractivity contribution in [2.45, 2.75) is 44.6 Å². The molecule has 190 valence electrons. The summed E-state index contributed by atoms with van der Waals surface area (Å²) in [7, 11) is 0. The van der Waals surface area contributed by atoms with Crippen LogP contribution in [0.5, 0.6) is 5.75 Å². The quantitative estimate of drug-likeness (QED) is 0.250. The minimum atomic E-state index is -1.28. The Labute approximate surface area is 215 Å². The largest absolute Gasteiger partial charge is 0.487 e. The summed E-state index contributed by atoms with van der Waals surface area (Å²) < 4.78 is 35.6. The second kappa shape index (κ2) is 11.3. The van der Waals surface area contributed by atoms with Gasteiger partial charge in [-0.1, -0.05) is 29.8 Å². The summed E-state index contributed by atoms with van der Waals surface area (Å²) in [5.74, 6) is -5.07. The molecule has 1 amide bonds. The van der Waals surface area contributed by atoms with E-state index < -0.39 is 35.4 Å². The van der Waals surface area contributed by atoms with E-state index in [1.807, 2.05) is 24.3 Å². The molecule has 0 unspecified atom stereocenters. The van der Waals surface area contributed by atoms with Crippen LogP contribution in [0.25, 0.3) is 10.1 Å². The Morgan fingerprint density at radius 2 is 1.78 bits per heavy atom. The summed E-state index contributed by atoms with van der Waals surface area (Å²) in [5.41, 5.74) is -0.381. The second-order valence-corrected chi connectivity index (χ2v) is 10.1. The molecule has 36 heavy (non-hydrogen) atoms. The lowest BCUT2D eigenvalue weighted by Crippen LogP contribution is -2.28. The summed E-state index contributed by atoms with van der Waals surface area (Å²) >= 11 is 7.58. The van der Waals surface area contributed by atoms with Crippen LogP contribution in [0.1, 0.15) is 58.6 Å². The normalized spacial score (nSPS) is 17.6. The highest BCUT2D eigenvalue weighted by Gasteiger charge is 2.28. The highest BCUT2D eigenvalue weighted by atomic mass is 35.5. The molecule has 3 aromatic rings. The Bertz CT molecular complexity index is 1300.